The zero-order valence-electron chi connectivity index (χ0n) is 36.1. The van der Waals surface area contributed by atoms with Gasteiger partial charge in [0.1, 0.15) is 30.6 Å². The molecule has 332 valence electrons. The summed E-state index contributed by atoms with van der Waals surface area (Å²) in [6, 6.07) is 10.1. The van der Waals surface area contributed by atoms with Crippen molar-refractivity contribution in [1.82, 2.24) is 15.2 Å². The van der Waals surface area contributed by atoms with Crippen molar-refractivity contribution in [3.8, 4) is 0 Å². The molecule has 3 aliphatic heterocycles. The average molecular weight is 909 g/mol. The van der Waals surface area contributed by atoms with Crippen LogP contribution >= 0.6 is 23.1 Å². The number of benzene rings is 2. The van der Waals surface area contributed by atoms with Crippen molar-refractivity contribution in [3.63, 3.8) is 0 Å². The lowest BCUT2D eigenvalue weighted by atomic mass is 9.79. The summed E-state index contributed by atoms with van der Waals surface area (Å²) in [4.78, 5) is 84.2. The molecule has 2 saturated heterocycles. The van der Waals surface area contributed by atoms with Crippen LogP contribution in [0.2, 0.25) is 18.1 Å². The largest absolute Gasteiger partial charge is 0.459 e. The van der Waals surface area contributed by atoms with Gasteiger partial charge in [0.2, 0.25) is 5.91 Å². The van der Waals surface area contributed by atoms with Crippen LogP contribution in [0, 0.1) is 38.0 Å². The summed E-state index contributed by atoms with van der Waals surface area (Å²) in [6.45, 7) is 19.1. The van der Waals surface area contributed by atoms with Crippen molar-refractivity contribution in [2.45, 2.75) is 103 Å². The van der Waals surface area contributed by atoms with Gasteiger partial charge in [-0.3, -0.25) is 29.8 Å². The van der Waals surface area contributed by atoms with Crippen molar-refractivity contribution in [2.24, 2.45) is 17.8 Å². The van der Waals surface area contributed by atoms with Gasteiger partial charge in [0, 0.05) is 58.8 Å². The van der Waals surface area contributed by atoms with Gasteiger partial charge in [-0.1, -0.05) is 41.5 Å². The van der Waals surface area contributed by atoms with Crippen LogP contribution in [0.5, 0.6) is 0 Å². The molecule has 0 saturated carbocycles. The molecule has 0 bridgehead atoms. The number of nitro benzene ring substituents is 2. The summed E-state index contributed by atoms with van der Waals surface area (Å²) >= 11 is 2.82. The first-order valence-electron chi connectivity index (χ1n) is 20.3. The zero-order chi connectivity index (χ0) is 45.4. The van der Waals surface area contributed by atoms with E-state index in [9.17, 15) is 39.4 Å². The maximum absolute atomic E-state index is 14.0. The van der Waals surface area contributed by atoms with Crippen LogP contribution in [-0.2, 0) is 41.5 Å². The summed E-state index contributed by atoms with van der Waals surface area (Å²) in [6.07, 6.45) is -0.367. The van der Waals surface area contributed by atoms with E-state index in [2.05, 4.69) is 44.2 Å². The van der Waals surface area contributed by atoms with E-state index < -0.39 is 48.0 Å². The lowest BCUT2D eigenvalue weighted by molar-refractivity contribution is -0.385. The number of carbonyl (C=O) groups excluding carboxylic acids is 4. The van der Waals surface area contributed by atoms with Gasteiger partial charge in [0.25, 0.3) is 17.3 Å². The van der Waals surface area contributed by atoms with Gasteiger partial charge >= 0.3 is 11.9 Å². The van der Waals surface area contributed by atoms with Crippen LogP contribution in [0.25, 0.3) is 0 Å². The van der Waals surface area contributed by atoms with Crippen molar-refractivity contribution < 1.29 is 42.9 Å². The SMILES string of the molecule is CC(C)[C@H](NC(=O)c1csc(N2CC(SC3=C(C(=O)OCc4ccc([N+](=O)[O-])cc4)N4C(=O)[C@H]([C@@H](C)O[Si](C)(C)C(C)(C)C)[C@H]4[C@H]3C)C2)n1)C(=O)OCc1ccc([N+](=O)[O-])cc1. The molecule has 4 heterocycles. The number of thioether (sulfide) groups is 1. The predicted octanol–water partition coefficient (Wildman–Crippen LogP) is 7.22. The molecule has 2 aromatic carbocycles. The monoisotopic (exact) mass is 908 g/mol. The lowest BCUT2D eigenvalue weighted by Crippen LogP contribution is -2.65. The third-order valence-electron chi connectivity index (χ3n) is 12.0. The molecule has 3 aromatic rings. The summed E-state index contributed by atoms with van der Waals surface area (Å²) in [5.74, 6) is -2.96. The number of carbonyl (C=O) groups is 4. The normalized spacial score (nSPS) is 20.0. The number of nitro groups is 2. The summed E-state index contributed by atoms with van der Waals surface area (Å²) < 4.78 is 17.9. The first-order valence-corrected chi connectivity index (χ1v) is 25.0. The minimum atomic E-state index is -2.23. The van der Waals surface area contributed by atoms with Crippen LogP contribution in [0.4, 0.5) is 16.5 Å². The molecule has 2 amide bonds. The Morgan fingerprint density at radius 1 is 0.952 bits per heavy atom. The quantitative estimate of drug-likeness (QED) is 0.0466. The highest BCUT2D eigenvalue weighted by Gasteiger charge is 2.61. The Kier molecular flexibility index (Phi) is 13.6. The van der Waals surface area contributed by atoms with Gasteiger partial charge in [0.05, 0.1) is 27.9 Å². The van der Waals surface area contributed by atoms with E-state index in [-0.39, 0.29) is 76.2 Å². The number of ether oxygens (including phenoxy) is 2. The van der Waals surface area contributed by atoms with Gasteiger partial charge in [0.15, 0.2) is 13.4 Å². The fourth-order valence-electron chi connectivity index (χ4n) is 7.34. The molecule has 62 heavy (non-hydrogen) atoms. The highest BCUT2D eigenvalue weighted by Crippen LogP contribution is 2.53. The number of nitrogens with zero attached hydrogens (tertiary/aromatic N) is 5. The predicted molar refractivity (Wildman–Crippen MR) is 236 cm³/mol. The van der Waals surface area contributed by atoms with Gasteiger partial charge in [-0.25, -0.2) is 14.6 Å². The maximum Gasteiger partial charge on any atom is 0.356 e. The Bertz CT molecular complexity index is 2250. The van der Waals surface area contributed by atoms with Crippen LogP contribution in [0.3, 0.4) is 0 Å². The smallest absolute Gasteiger partial charge is 0.356 e. The van der Waals surface area contributed by atoms with Crippen molar-refractivity contribution in [2.75, 3.05) is 18.0 Å². The second-order valence-electron chi connectivity index (χ2n) is 17.7. The number of hydrogen-bond donors (Lipinski definition) is 1. The first kappa shape index (κ1) is 46.3. The minimum Gasteiger partial charge on any atom is -0.459 e. The summed E-state index contributed by atoms with van der Waals surface area (Å²) in [7, 11) is -2.23. The fourth-order valence-corrected chi connectivity index (χ4v) is 11.1. The second-order valence-corrected chi connectivity index (χ2v) is 24.6. The van der Waals surface area contributed by atoms with E-state index in [1.165, 1.54) is 71.6 Å². The van der Waals surface area contributed by atoms with Crippen LogP contribution in [0.1, 0.15) is 70.1 Å². The molecule has 17 nitrogen and oxygen atoms in total. The molecule has 0 unspecified atom stereocenters. The number of fused-ring (bicyclic) bond motifs is 1. The van der Waals surface area contributed by atoms with Gasteiger partial charge in [-0.05, 0) is 66.4 Å². The number of esters is 2. The third kappa shape index (κ3) is 9.72. The molecule has 0 radical (unpaired) electrons. The minimum absolute atomic E-state index is 0.0232. The van der Waals surface area contributed by atoms with Crippen LogP contribution in [-0.4, -0.2) is 88.3 Å². The Morgan fingerprint density at radius 2 is 1.50 bits per heavy atom. The molecule has 0 spiro atoms. The summed E-state index contributed by atoms with van der Waals surface area (Å²) in [5, 5.41) is 27.0. The molecule has 0 aliphatic carbocycles. The molecule has 20 heteroatoms. The maximum atomic E-state index is 14.0. The van der Waals surface area contributed by atoms with E-state index >= 15 is 0 Å². The molecule has 3 aliphatic rings. The fraction of sp³-hybridized carbons (Fsp3) is 0.500. The Hall–Kier alpha value is -5.18. The highest BCUT2D eigenvalue weighted by molar-refractivity contribution is 8.03. The molecule has 2 fully saturated rings. The number of aromatic nitrogens is 1. The molecule has 5 atom stereocenters. The molecular weight excluding hydrogens is 857 g/mol. The van der Waals surface area contributed by atoms with Crippen LogP contribution in [0.15, 0.2) is 64.5 Å². The Balaban J connectivity index is 1.11. The number of thiazole rings is 1. The Labute approximate surface area is 369 Å². The zero-order valence-corrected chi connectivity index (χ0v) is 38.7. The number of hydrogen-bond acceptors (Lipinski definition) is 15. The number of rotatable bonds is 17. The van der Waals surface area contributed by atoms with Gasteiger partial charge in [-0.2, -0.15) is 0 Å². The second kappa shape index (κ2) is 18.3. The Morgan fingerprint density at radius 3 is 2.02 bits per heavy atom. The number of amides is 2. The van der Waals surface area contributed by atoms with Gasteiger partial charge in [-0.15, -0.1) is 23.1 Å². The lowest BCUT2D eigenvalue weighted by Gasteiger charge is -2.50. The third-order valence-corrected chi connectivity index (χ3v) is 18.9. The molecule has 6 rings (SSSR count). The van der Waals surface area contributed by atoms with E-state index in [1.54, 1.807) is 24.1 Å². The standard InChI is InChI=1S/C42H52N6O11S2Si/c1-23(2)33(39(51)57-20-26-10-14-28(15-11-26)47(53)54)44-37(49)31-22-60-41(43-31)45-18-30(19-45)61-36-24(3)34-32(25(4)59-62(8,9)42(5,6)7)38(50)46(34)35(36)40(52)58-21-27-12-16-29(17-13-27)48(55)56/h10-17,22-25,30,32-34H,18-21H2,1-9H3,(H,44,49)/t24-,25-,32-,33+,34-/m1/s1. The number of non-ortho nitro benzene ring substituents is 2. The molecular formula is C42H52N6O11S2Si. The van der Waals surface area contributed by atoms with Crippen molar-refractivity contribution >= 4 is 71.7 Å². The highest BCUT2D eigenvalue weighted by atomic mass is 32.2. The number of nitrogens with one attached hydrogen (secondary N) is 1. The number of β-lactam (4-membered cyclic amide) rings is 1. The van der Waals surface area contributed by atoms with E-state index in [1.807, 2.05) is 18.7 Å². The van der Waals surface area contributed by atoms with Crippen molar-refractivity contribution in [3.05, 3.63) is 102 Å². The average Bonchev–Trinajstić information content (AvgIpc) is 3.76. The molecule has 1 aromatic heterocycles. The van der Waals surface area contributed by atoms with E-state index in [0.29, 0.717) is 29.3 Å². The topological polar surface area (TPSA) is 214 Å². The van der Waals surface area contributed by atoms with Gasteiger partial charge < -0.3 is 29.0 Å². The van der Waals surface area contributed by atoms with E-state index in [4.69, 9.17) is 13.9 Å². The first-order chi connectivity index (χ1) is 29.1. The van der Waals surface area contributed by atoms with E-state index in [0.717, 1.165) is 4.91 Å². The summed E-state index contributed by atoms with van der Waals surface area (Å²) in [5.41, 5.74) is 1.32. The van der Waals surface area contributed by atoms with Crippen molar-refractivity contribution in [1.29, 1.82) is 0 Å². The molecule has 1 N–H and O–H groups in total. The number of anilines is 1. The van der Waals surface area contributed by atoms with Crippen LogP contribution < -0.4 is 10.2 Å².